The summed E-state index contributed by atoms with van der Waals surface area (Å²) in [4.78, 5) is 24.2. The first-order valence-electron chi connectivity index (χ1n) is 10.1. The maximum atomic E-state index is 12.2. The summed E-state index contributed by atoms with van der Waals surface area (Å²) < 4.78 is 0. The molecule has 0 radical (unpaired) electrons. The van der Waals surface area contributed by atoms with E-state index in [2.05, 4.69) is 13.8 Å². The molecule has 0 aromatic heterocycles. The normalized spacial score (nSPS) is 55.2. The van der Waals surface area contributed by atoms with Crippen LogP contribution in [0.3, 0.4) is 0 Å². The van der Waals surface area contributed by atoms with Crippen molar-refractivity contribution < 1.29 is 19.8 Å². The van der Waals surface area contributed by atoms with E-state index in [4.69, 9.17) is 0 Å². The fourth-order valence-electron chi connectivity index (χ4n) is 7.61. The largest absolute Gasteiger partial charge is 0.393 e. The van der Waals surface area contributed by atoms with Gasteiger partial charge < -0.3 is 10.2 Å². The fourth-order valence-corrected chi connectivity index (χ4v) is 7.61. The lowest BCUT2D eigenvalue weighted by Gasteiger charge is -2.62. The van der Waals surface area contributed by atoms with Gasteiger partial charge in [0, 0.05) is 18.3 Å². The predicted molar refractivity (Wildman–Crippen MR) is 93.8 cm³/mol. The molecule has 4 saturated carbocycles. The molecule has 2 N–H and O–H groups in total. The van der Waals surface area contributed by atoms with Crippen molar-refractivity contribution in [1.82, 2.24) is 0 Å². The number of Topliss-reactive ketones (excluding diaryl/α,β-unsaturated/α-hetero) is 2. The van der Waals surface area contributed by atoms with E-state index in [1.54, 1.807) is 0 Å². The lowest BCUT2D eigenvalue weighted by Crippen LogP contribution is -2.61. The topological polar surface area (TPSA) is 74.6 Å². The van der Waals surface area contributed by atoms with E-state index < -0.39 is 17.1 Å². The summed E-state index contributed by atoms with van der Waals surface area (Å²) in [5, 5.41) is 22.2. The lowest BCUT2D eigenvalue weighted by molar-refractivity contribution is -0.188. The summed E-state index contributed by atoms with van der Waals surface area (Å²) in [5.74, 6) is 1.28. The van der Waals surface area contributed by atoms with Crippen LogP contribution in [-0.2, 0) is 9.59 Å². The highest BCUT2D eigenvalue weighted by Gasteiger charge is 2.67. The van der Waals surface area contributed by atoms with Crippen molar-refractivity contribution in [2.24, 2.45) is 34.5 Å². The van der Waals surface area contributed by atoms with Gasteiger partial charge in [-0.05, 0) is 74.5 Å². The van der Waals surface area contributed by atoms with Gasteiger partial charge in [0.25, 0.3) is 0 Å². The number of hydrogen-bond acceptors (Lipinski definition) is 4. The molecule has 0 aliphatic heterocycles. The Morgan fingerprint density at radius 3 is 2.48 bits per heavy atom. The molecule has 0 bridgehead atoms. The Bertz CT molecular complexity index is 615. The van der Waals surface area contributed by atoms with Gasteiger partial charge in [-0.15, -0.1) is 0 Å². The average molecular weight is 348 g/mol. The van der Waals surface area contributed by atoms with Crippen LogP contribution < -0.4 is 0 Å². The fraction of sp³-hybridized carbons (Fsp3) is 0.905. The second-order valence-electron chi connectivity index (χ2n) is 9.95. The van der Waals surface area contributed by atoms with Crippen LogP contribution in [0.2, 0.25) is 0 Å². The third-order valence-corrected chi connectivity index (χ3v) is 9.23. The first kappa shape index (κ1) is 17.7. The smallest absolute Gasteiger partial charge is 0.161 e. The molecule has 0 amide bonds. The second kappa shape index (κ2) is 5.39. The van der Waals surface area contributed by atoms with E-state index >= 15 is 0 Å². The van der Waals surface area contributed by atoms with Crippen molar-refractivity contribution in [3.8, 4) is 0 Å². The van der Waals surface area contributed by atoms with Gasteiger partial charge in [-0.25, -0.2) is 0 Å². The second-order valence-corrected chi connectivity index (χ2v) is 9.95. The van der Waals surface area contributed by atoms with Crippen molar-refractivity contribution in [2.75, 3.05) is 0 Å². The van der Waals surface area contributed by atoms with Crippen molar-refractivity contribution in [2.45, 2.75) is 83.8 Å². The minimum atomic E-state index is -1.23. The first-order chi connectivity index (χ1) is 11.6. The zero-order valence-electron chi connectivity index (χ0n) is 15.8. The molecule has 4 rings (SSSR count). The third kappa shape index (κ3) is 2.13. The van der Waals surface area contributed by atoms with E-state index in [0.717, 1.165) is 25.7 Å². The standard InChI is InChI=1S/C21H32O4/c1-12(22)21(25)9-6-16-18-15(5-8-20(16,21)3)19(2)7-4-14(23)10-13(19)11-17(18)24/h13,15-18,24-25H,4-11H2,1-3H3/t13?,15-,16-,17?,18+,19-,20-,21-/m0/s1. The van der Waals surface area contributed by atoms with Crippen LogP contribution in [-0.4, -0.2) is 33.5 Å². The van der Waals surface area contributed by atoms with Gasteiger partial charge in [-0.2, -0.15) is 0 Å². The van der Waals surface area contributed by atoms with Crippen molar-refractivity contribution in [3.63, 3.8) is 0 Å². The quantitative estimate of drug-likeness (QED) is 0.764. The Morgan fingerprint density at radius 1 is 1.12 bits per heavy atom. The summed E-state index contributed by atoms with van der Waals surface area (Å²) in [6.07, 6.45) is 5.67. The number of carbonyl (C=O) groups is 2. The number of aliphatic hydroxyl groups excluding tert-OH is 1. The van der Waals surface area contributed by atoms with Gasteiger partial charge in [0.1, 0.15) is 11.4 Å². The molecule has 140 valence electrons. The van der Waals surface area contributed by atoms with Gasteiger partial charge in [0.2, 0.25) is 0 Å². The van der Waals surface area contributed by atoms with Gasteiger partial charge in [0.05, 0.1) is 6.10 Å². The van der Waals surface area contributed by atoms with E-state index in [9.17, 15) is 19.8 Å². The van der Waals surface area contributed by atoms with Crippen molar-refractivity contribution in [1.29, 1.82) is 0 Å². The Balaban J connectivity index is 1.70. The van der Waals surface area contributed by atoms with Crippen LogP contribution in [0.25, 0.3) is 0 Å². The maximum absolute atomic E-state index is 12.2. The van der Waals surface area contributed by atoms with Crippen LogP contribution in [0.5, 0.6) is 0 Å². The minimum absolute atomic E-state index is 0.117. The van der Waals surface area contributed by atoms with Crippen molar-refractivity contribution >= 4 is 11.6 Å². The monoisotopic (exact) mass is 348 g/mol. The molecule has 4 aliphatic rings. The molecule has 0 aromatic carbocycles. The molecule has 0 aromatic rings. The van der Waals surface area contributed by atoms with E-state index in [1.165, 1.54) is 6.92 Å². The molecule has 0 spiro atoms. The zero-order valence-corrected chi connectivity index (χ0v) is 15.8. The van der Waals surface area contributed by atoms with Crippen LogP contribution in [0.15, 0.2) is 0 Å². The molecule has 4 nitrogen and oxygen atoms in total. The van der Waals surface area contributed by atoms with E-state index in [0.29, 0.717) is 43.3 Å². The van der Waals surface area contributed by atoms with Gasteiger partial charge in [-0.3, -0.25) is 9.59 Å². The maximum Gasteiger partial charge on any atom is 0.161 e. The van der Waals surface area contributed by atoms with E-state index in [-0.39, 0.29) is 23.0 Å². The molecule has 4 fully saturated rings. The molecule has 2 unspecified atom stereocenters. The van der Waals surface area contributed by atoms with Crippen LogP contribution in [0.1, 0.15) is 72.1 Å². The van der Waals surface area contributed by atoms with Crippen LogP contribution in [0.4, 0.5) is 0 Å². The molecular formula is C21H32O4. The Kier molecular flexibility index (Phi) is 3.81. The molecule has 4 heteroatoms. The van der Waals surface area contributed by atoms with Gasteiger partial charge in [0.15, 0.2) is 5.78 Å². The average Bonchev–Trinajstić information content (AvgIpc) is 2.82. The Hall–Kier alpha value is -0.740. The summed E-state index contributed by atoms with van der Waals surface area (Å²) in [6.45, 7) is 5.93. The highest BCUT2D eigenvalue weighted by Crippen LogP contribution is 2.68. The highest BCUT2D eigenvalue weighted by molar-refractivity contribution is 5.86. The van der Waals surface area contributed by atoms with Crippen LogP contribution >= 0.6 is 0 Å². The van der Waals surface area contributed by atoms with Gasteiger partial charge >= 0.3 is 0 Å². The Labute approximate surface area is 150 Å². The molecule has 8 atom stereocenters. The summed E-state index contributed by atoms with van der Waals surface area (Å²) in [5.41, 5.74) is -1.53. The first-order valence-corrected chi connectivity index (χ1v) is 10.1. The summed E-state index contributed by atoms with van der Waals surface area (Å²) >= 11 is 0. The van der Waals surface area contributed by atoms with Gasteiger partial charge in [-0.1, -0.05) is 13.8 Å². The minimum Gasteiger partial charge on any atom is -0.393 e. The number of ketones is 2. The van der Waals surface area contributed by atoms with Crippen molar-refractivity contribution in [3.05, 3.63) is 0 Å². The number of hydrogen-bond donors (Lipinski definition) is 2. The van der Waals surface area contributed by atoms with E-state index in [1.807, 2.05) is 0 Å². The predicted octanol–water partition coefficient (Wildman–Crippen LogP) is 2.89. The Morgan fingerprint density at radius 2 is 1.80 bits per heavy atom. The van der Waals surface area contributed by atoms with Crippen LogP contribution in [0, 0.1) is 34.5 Å². The summed E-state index contributed by atoms with van der Waals surface area (Å²) in [6, 6.07) is 0. The molecule has 4 aliphatic carbocycles. The SMILES string of the molecule is CC(=O)[C@@]1(O)CC[C@H]2[C@@H]3C(O)CC4CC(=O)CC[C@]4(C)[C@H]3CC[C@@]21C. The number of carbonyl (C=O) groups excluding carboxylic acids is 2. The lowest BCUT2D eigenvalue weighted by atomic mass is 9.43. The number of aliphatic hydroxyl groups is 2. The highest BCUT2D eigenvalue weighted by atomic mass is 16.3. The third-order valence-electron chi connectivity index (χ3n) is 9.23. The number of fused-ring (bicyclic) bond motifs is 5. The molecule has 0 saturated heterocycles. The zero-order chi connectivity index (χ0) is 18.2. The molecule has 25 heavy (non-hydrogen) atoms. The number of rotatable bonds is 1. The summed E-state index contributed by atoms with van der Waals surface area (Å²) in [7, 11) is 0. The molecular weight excluding hydrogens is 316 g/mol. The molecule has 0 heterocycles.